The van der Waals surface area contributed by atoms with Crippen LogP contribution in [-0.2, 0) is 0 Å². The van der Waals surface area contributed by atoms with Gasteiger partial charge in [0.05, 0.1) is 4.92 Å². The molecule has 0 aliphatic carbocycles. The van der Waals surface area contributed by atoms with E-state index >= 15 is 0 Å². The predicted molar refractivity (Wildman–Crippen MR) is 137 cm³/mol. The molecule has 0 radical (unpaired) electrons. The van der Waals surface area contributed by atoms with E-state index in [9.17, 15) is 19.7 Å². The molecule has 0 saturated carbocycles. The Morgan fingerprint density at radius 3 is 2.28 bits per heavy atom. The molecule has 1 atom stereocenters. The van der Waals surface area contributed by atoms with Gasteiger partial charge in [-0.2, -0.15) is 0 Å². The number of non-ortho nitro benzene ring substituents is 1. The van der Waals surface area contributed by atoms with E-state index in [0.717, 1.165) is 22.5 Å². The zero-order valence-electron chi connectivity index (χ0n) is 20.0. The van der Waals surface area contributed by atoms with Crippen LogP contribution in [0.3, 0.4) is 0 Å². The Morgan fingerprint density at radius 1 is 0.972 bits per heavy atom. The number of carbonyl (C=O) groups is 2. The largest absolute Gasteiger partial charge is 0.368 e. The zero-order chi connectivity index (χ0) is 25.2. The lowest BCUT2D eigenvalue weighted by Gasteiger charge is -2.36. The van der Waals surface area contributed by atoms with Gasteiger partial charge in [-0.1, -0.05) is 18.2 Å². The normalized spacial score (nSPS) is 17.2. The minimum atomic E-state index is -0.410. The highest BCUT2D eigenvalue weighted by atomic mass is 16.6. The second-order valence-corrected chi connectivity index (χ2v) is 8.86. The Bertz CT molecular complexity index is 1280. The molecule has 36 heavy (non-hydrogen) atoms. The highest BCUT2D eigenvalue weighted by Gasteiger charge is 2.35. The smallest absolute Gasteiger partial charge is 0.269 e. The molecule has 2 aliphatic heterocycles. The van der Waals surface area contributed by atoms with Crippen LogP contribution in [0, 0.1) is 10.1 Å². The van der Waals surface area contributed by atoms with Crippen molar-refractivity contribution in [3.8, 4) is 0 Å². The molecular weight excluding hydrogens is 458 g/mol. The van der Waals surface area contributed by atoms with Gasteiger partial charge in [-0.05, 0) is 49.4 Å². The Balaban J connectivity index is 1.21. The highest BCUT2D eigenvalue weighted by molar-refractivity contribution is 5.99. The second kappa shape index (κ2) is 9.69. The number of anilines is 2. The number of nitrogens with zero attached hydrogens (tertiary/aromatic N) is 4. The summed E-state index contributed by atoms with van der Waals surface area (Å²) >= 11 is 0. The average Bonchev–Trinajstić information content (AvgIpc) is 3.19. The van der Waals surface area contributed by atoms with E-state index in [0.29, 0.717) is 38.3 Å². The van der Waals surface area contributed by atoms with Gasteiger partial charge >= 0.3 is 0 Å². The number of nitro groups is 1. The maximum Gasteiger partial charge on any atom is 0.269 e. The first-order valence-corrected chi connectivity index (χ1v) is 12.0. The summed E-state index contributed by atoms with van der Waals surface area (Å²) in [5.41, 5.74) is 4.10. The molecule has 9 heteroatoms. The number of hydrogen-bond donors (Lipinski definition) is 1. The summed E-state index contributed by atoms with van der Waals surface area (Å²) in [5.74, 6) is -0.00765. The Kier molecular flexibility index (Phi) is 6.28. The van der Waals surface area contributed by atoms with Gasteiger partial charge in [-0.3, -0.25) is 19.7 Å². The van der Waals surface area contributed by atoms with Gasteiger partial charge in [0, 0.05) is 72.9 Å². The first kappa shape index (κ1) is 23.3. The maximum atomic E-state index is 13.1. The molecule has 2 amide bonds. The van der Waals surface area contributed by atoms with Gasteiger partial charge in [-0.25, -0.2) is 0 Å². The molecule has 3 aromatic rings. The highest BCUT2D eigenvalue weighted by Crippen LogP contribution is 2.34. The summed E-state index contributed by atoms with van der Waals surface area (Å²) in [6.07, 6.45) is -0.243. The SMILES string of the molecule is CCN1C(=O)c2ccccc2C1Nc1ccc(C(=O)N2CCN(c3ccc([N+](=O)[O-])cc3)CC2)cc1. The van der Waals surface area contributed by atoms with Gasteiger partial charge in [0.15, 0.2) is 0 Å². The molecule has 1 fully saturated rings. The van der Waals surface area contributed by atoms with Crippen molar-refractivity contribution in [1.82, 2.24) is 9.80 Å². The van der Waals surface area contributed by atoms with Crippen LogP contribution in [0.5, 0.6) is 0 Å². The summed E-state index contributed by atoms with van der Waals surface area (Å²) in [6.45, 7) is 5.01. The topological polar surface area (TPSA) is 99.0 Å². The maximum absolute atomic E-state index is 13.1. The molecule has 5 rings (SSSR count). The molecule has 1 N–H and O–H groups in total. The summed E-state index contributed by atoms with van der Waals surface area (Å²) in [5, 5.41) is 14.3. The first-order chi connectivity index (χ1) is 17.5. The van der Waals surface area contributed by atoms with Crippen molar-refractivity contribution in [3.63, 3.8) is 0 Å². The van der Waals surface area contributed by atoms with Crippen LogP contribution in [0.15, 0.2) is 72.8 Å². The van der Waals surface area contributed by atoms with Gasteiger partial charge < -0.3 is 20.0 Å². The molecule has 184 valence electrons. The van der Waals surface area contributed by atoms with Crippen LogP contribution in [0.2, 0.25) is 0 Å². The van der Waals surface area contributed by atoms with Crippen molar-refractivity contribution in [2.24, 2.45) is 0 Å². The Morgan fingerprint density at radius 2 is 1.64 bits per heavy atom. The first-order valence-electron chi connectivity index (χ1n) is 12.0. The lowest BCUT2D eigenvalue weighted by atomic mass is 10.1. The average molecular weight is 486 g/mol. The number of nitrogens with one attached hydrogen (secondary N) is 1. The van der Waals surface area contributed by atoms with Gasteiger partial charge in [0.1, 0.15) is 6.17 Å². The van der Waals surface area contributed by atoms with E-state index in [2.05, 4.69) is 10.2 Å². The molecule has 9 nitrogen and oxygen atoms in total. The van der Waals surface area contributed by atoms with E-state index < -0.39 is 4.92 Å². The predicted octanol–water partition coefficient (Wildman–Crippen LogP) is 4.14. The molecule has 0 spiro atoms. The number of benzene rings is 3. The van der Waals surface area contributed by atoms with Crippen molar-refractivity contribution >= 4 is 28.9 Å². The van der Waals surface area contributed by atoms with E-state index in [-0.39, 0.29) is 23.7 Å². The van der Waals surface area contributed by atoms with Crippen LogP contribution >= 0.6 is 0 Å². The second-order valence-electron chi connectivity index (χ2n) is 8.86. The van der Waals surface area contributed by atoms with E-state index in [1.807, 2.05) is 60.4 Å². The minimum Gasteiger partial charge on any atom is -0.368 e. The number of rotatable bonds is 6. The van der Waals surface area contributed by atoms with Crippen molar-refractivity contribution in [2.75, 3.05) is 42.9 Å². The number of piperazine rings is 1. The fourth-order valence-electron chi connectivity index (χ4n) is 4.85. The Hall–Kier alpha value is -4.40. The van der Waals surface area contributed by atoms with Crippen molar-refractivity contribution in [1.29, 1.82) is 0 Å². The van der Waals surface area contributed by atoms with Crippen molar-refractivity contribution in [3.05, 3.63) is 99.6 Å². The number of amides is 2. The number of fused-ring (bicyclic) bond motifs is 1. The monoisotopic (exact) mass is 485 g/mol. The van der Waals surface area contributed by atoms with E-state index in [1.165, 1.54) is 12.1 Å². The van der Waals surface area contributed by atoms with Crippen molar-refractivity contribution < 1.29 is 14.5 Å². The summed E-state index contributed by atoms with van der Waals surface area (Å²) in [7, 11) is 0. The third-order valence-electron chi connectivity index (χ3n) is 6.83. The number of nitro benzene ring substituents is 1. The quantitative estimate of drug-likeness (QED) is 0.416. The van der Waals surface area contributed by atoms with Crippen LogP contribution in [0.1, 0.15) is 39.4 Å². The minimum absolute atomic E-state index is 0.0188. The molecular formula is C27H27N5O4. The van der Waals surface area contributed by atoms with E-state index in [4.69, 9.17) is 0 Å². The summed E-state index contributed by atoms with van der Waals surface area (Å²) in [6, 6.07) is 21.5. The van der Waals surface area contributed by atoms with Crippen molar-refractivity contribution in [2.45, 2.75) is 13.1 Å². The zero-order valence-corrected chi connectivity index (χ0v) is 20.0. The molecule has 2 heterocycles. The van der Waals surface area contributed by atoms with Crippen LogP contribution in [-0.4, -0.2) is 59.3 Å². The third-order valence-corrected chi connectivity index (χ3v) is 6.83. The molecule has 0 aromatic heterocycles. The number of carbonyl (C=O) groups excluding carboxylic acids is 2. The van der Waals surface area contributed by atoms with Crippen LogP contribution < -0.4 is 10.2 Å². The molecule has 1 unspecified atom stereocenters. The Labute approximate surface area is 209 Å². The molecule has 1 saturated heterocycles. The number of hydrogen-bond acceptors (Lipinski definition) is 6. The molecule has 0 bridgehead atoms. The lowest BCUT2D eigenvalue weighted by Crippen LogP contribution is -2.48. The summed E-state index contributed by atoms with van der Waals surface area (Å²) in [4.78, 5) is 42.0. The van der Waals surface area contributed by atoms with Gasteiger partial charge in [-0.15, -0.1) is 0 Å². The van der Waals surface area contributed by atoms with E-state index in [1.54, 1.807) is 17.0 Å². The fraction of sp³-hybridized carbons (Fsp3) is 0.259. The molecule has 2 aliphatic rings. The molecule has 3 aromatic carbocycles. The standard InChI is InChI=1S/C27H27N5O4/c1-2-31-25(23-5-3-4-6-24(23)27(31)34)28-20-9-7-19(8-10-20)26(33)30-17-15-29(16-18-30)21-11-13-22(14-12-21)32(35)36/h3-14,25,28H,2,15-18H2,1H3. The fourth-order valence-corrected chi connectivity index (χ4v) is 4.85. The van der Waals surface area contributed by atoms with Gasteiger partial charge in [0.2, 0.25) is 0 Å². The van der Waals surface area contributed by atoms with Gasteiger partial charge in [0.25, 0.3) is 17.5 Å². The lowest BCUT2D eigenvalue weighted by molar-refractivity contribution is -0.384. The van der Waals surface area contributed by atoms with Crippen LogP contribution in [0.4, 0.5) is 17.1 Å². The third kappa shape index (κ3) is 4.35. The summed E-state index contributed by atoms with van der Waals surface area (Å²) < 4.78 is 0. The van der Waals surface area contributed by atoms with Crippen LogP contribution in [0.25, 0.3) is 0 Å².